The van der Waals surface area contributed by atoms with E-state index in [0.717, 1.165) is 42.4 Å². The van der Waals surface area contributed by atoms with Crippen molar-refractivity contribution in [2.45, 2.75) is 25.2 Å². The van der Waals surface area contributed by atoms with Gasteiger partial charge in [-0.25, -0.2) is 0 Å². The van der Waals surface area contributed by atoms with Crippen molar-refractivity contribution in [3.63, 3.8) is 0 Å². The first-order valence-electron chi connectivity index (χ1n) is 7.33. The molecule has 2 aromatic rings. The predicted octanol–water partition coefficient (Wildman–Crippen LogP) is 3.53. The van der Waals surface area contributed by atoms with Crippen molar-refractivity contribution in [2.24, 2.45) is 0 Å². The normalized spacial score (nSPS) is 15.9. The molecule has 0 aliphatic heterocycles. The Kier molecular flexibility index (Phi) is 5.40. The number of anilines is 1. The van der Waals surface area contributed by atoms with E-state index in [9.17, 15) is 9.59 Å². The third kappa shape index (κ3) is 3.54. The maximum atomic E-state index is 12.5. The van der Waals surface area contributed by atoms with Gasteiger partial charge in [-0.2, -0.15) is 0 Å². The van der Waals surface area contributed by atoms with Crippen LogP contribution in [0.15, 0.2) is 42.5 Å². The molecular formula is C18H18ClNO3. The standard InChI is InChI=1S/C18H17NO3.ClH/c19-17-6-2-3-14-15(17)4-1-5-16(14)18(21)22-13-9-7-12(11-20)8-10-13;/h2-3,6-11,16H,1,4-5,19H2;1H. The Hall–Kier alpha value is -2.33. The number of nitrogens with two attached hydrogens (primary N) is 1. The molecule has 1 unspecified atom stereocenters. The molecule has 3 rings (SSSR count). The summed E-state index contributed by atoms with van der Waals surface area (Å²) in [7, 11) is 0. The quantitative estimate of drug-likeness (QED) is 0.404. The van der Waals surface area contributed by atoms with E-state index in [4.69, 9.17) is 10.5 Å². The molecule has 4 nitrogen and oxygen atoms in total. The lowest BCUT2D eigenvalue weighted by Crippen LogP contribution is -2.23. The number of benzene rings is 2. The Bertz CT molecular complexity index is 713. The zero-order chi connectivity index (χ0) is 15.5. The molecule has 0 radical (unpaired) electrons. The van der Waals surface area contributed by atoms with E-state index in [2.05, 4.69) is 0 Å². The summed E-state index contributed by atoms with van der Waals surface area (Å²) < 4.78 is 5.45. The lowest BCUT2D eigenvalue weighted by Gasteiger charge is -2.25. The van der Waals surface area contributed by atoms with Gasteiger partial charge in [0.1, 0.15) is 12.0 Å². The number of esters is 1. The molecule has 1 aliphatic carbocycles. The summed E-state index contributed by atoms with van der Waals surface area (Å²) in [5.74, 6) is -0.102. The molecule has 1 aliphatic rings. The first-order chi connectivity index (χ1) is 10.7. The number of carbonyl (C=O) groups is 2. The van der Waals surface area contributed by atoms with E-state index in [1.54, 1.807) is 24.3 Å². The van der Waals surface area contributed by atoms with Crippen molar-refractivity contribution in [1.29, 1.82) is 0 Å². The van der Waals surface area contributed by atoms with Crippen LogP contribution >= 0.6 is 12.4 Å². The third-order valence-electron chi connectivity index (χ3n) is 4.06. The van der Waals surface area contributed by atoms with Crippen molar-refractivity contribution < 1.29 is 14.3 Å². The van der Waals surface area contributed by atoms with Crippen molar-refractivity contribution in [3.05, 3.63) is 59.2 Å². The highest BCUT2D eigenvalue weighted by Crippen LogP contribution is 2.35. The van der Waals surface area contributed by atoms with Crippen LogP contribution in [0, 0.1) is 0 Å². The monoisotopic (exact) mass is 331 g/mol. The number of hydrogen-bond acceptors (Lipinski definition) is 4. The molecule has 120 valence electrons. The van der Waals surface area contributed by atoms with Crippen molar-refractivity contribution >= 4 is 30.3 Å². The largest absolute Gasteiger partial charge is 0.426 e. The molecule has 0 bridgehead atoms. The molecule has 0 fully saturated rings. The van der Waals surface area contributed by atoms with Crippen LogP contribution in [-0.4, -0.2) is 12.3 Å². The van der Waals surface area contributed by atoms with Crippen LogP contribution in [-0.2, 0) is 11.2 Å². The zero-order valence-corrected chi connectivity index (χ0v) is 13.3. The van der Waals surface area contributed by atoms with Crippen molar-refractivity contribution in [1.82, 2.24) is 0 Å². The fraction of sp³-hybridized carbons (Fsp3) is 0.222. The summed E-state index contributed by atoms with van der Waals surface area (Å²) in [4.78, 5) is 23.1. The van der Waals surface area contributed by atoms with Gasteiger partial charge in [-0.15, -0.1) is 12.4 Å². The molecule has 0 saturated carbocycles. The third-order valence-corrected chi connectivity index (χ3v) is 4.06. The summed E-state index contributed by atoms with van der Waals surface area (Å²) in [5.41, 5.74) is 9.33. The second-order valence-corrected chi connectivity index (χ2v) is 5.47. The van der Waals surface area contributed by atoms with Crippen LogP contribution in [0.25, 0.3) is 0 Å². The molecule has 2 aromatic carbocycles. The maximum Gasteiger partial charge on any atom is 0.318 e. The zero-order valence-electron chi connectivity index (χ0n) is 12.5. The Balaban J connectivity index is 0.00000192. The average Bonchev–Trinajstić information content (AvgIpc) is 2.55. The SMILES string of the molecule is Cl.Nc1cccc2c1CCCC2C(=O)Oc1ccc(C=O)cc1. The first-order valence-corrected chi connectivity index (χ1v) is 7.33. The smallest absolute Gasteiger partial charge is 0.318 e. The Labute approximate surface area is 141 Å². The van der Waals surface area contributed by atoms with Gasteiger partial charge in [0.15, 0.2) is 0 Å². The van der Waals surface area contributed by atoms with Crippen LogP contribution in [0.2, 0.25) is 0 Å². The van der Waals surface area contributed by atoms with Crippen LogP contribution in [0.4, 0.5) is 5.69 Å². The van der Waals surface area contributed by atoms with Crippen LogP contribution in [0.1, 0.15) is 40.2 Å². The highest BCUT2D eigenvalue weighted by molar-refractivity contribution is 5.85. The van der Waals surface area contributed by atoms with Crippen molar-refractivity contribution in [2.75, 3.05) is 5.73 Å². The predicted molar refractivity (Wildman–Crippen MR) is 91.2 cm³/mol. The number of ether oxygens (including phenoxy) is 1. The van der Waals surface area contributed by atoms with Gasteiger partial charge in [-0.05, 0) is 60.7 Å². The number of rotatable bonds is 3. The highest BCUT2D eigenvalue weighted by Gasteiger charge is 2.29. The Morgan fingerprint density at radius 3 is 2.61 bits per heavy atom. The Morgan fingerprint density at radius 1 is 1.17 bits per heavy atom. The molecule has 2 N–H and O–H groups in total. The summed E-state index contributed by atoms with van der Waals surface area (Å²) >= 11 is 0. The van der Waals surface area contributed by atoms with Crippen LogP contribution in [0.3, 0.4) is 0 Å². The molecule has 0 amide bonds. The Morgan fingerprint density at radius 2 is 1.91 bits per heavy atom. The lowest BCUT2D eigenvalue weighted by molar-refractivity contribution is -0.136. The fourth-order valence-electron chi connectivity index (χ4n) is 2.92. The molecule has 0 saturated heterocycles. The number of halogens is 1. The second-order valence-electron chi connectivity index (χ2n) is 5.47. The molecule has 1 atom stereocenters. The van der Waals surface area contributed by atoms with Gasteiger partial charge in [0.2, 0.25) is 0 Å². The van der Waals surface area contributed by atoms with Gasteiger partial charge in [-0.1, -0.05) is 12.1 Å². The van der Waals surface area contributed by atoms with E-state index in [-0.39, 0.29) is 24.3 Å². The molecular weight excluding hydrogens is 314 g/mol. The van der Waals surface area contributed by atoms with Gasteiger partial charge in [0, 0.05) is 11.3 Å². The summed E-state index contributed by atoms with van der Waals surface area (Å²) in [6.45, 7) is 0. The van der Waals surface area contributed by atoms with E-state index in [1.165, 1.54) is 0 Å². The van der Waals surface area contributed by atoms with Crippen molar-refractivity contribution in [3.8, 4) is 5.75 Å². The molecule has 0 heterocycles. The first kappa shape index (κ1) is 17.0. The molecule has 23 heavy (non-hydrogen) atoms. The van der Waals surface area contributed by atoms with E-state index in [1.807, 2.05) is 18.2 Å². The number of aldehydes is 1. The average molecular weight is 332 g/mol. The van der Waals surface area contributed by atoms with Gasteiger partial charge < -0.3 is 10.5 Å². The second kappa shape index (κ2) is 7.29. The molecule has 0 spiro atoms. The highest BCUT2D eigenvalue weighted by atomic mass is 35.5. The van der Waals surface area contributed by atoms with Gasteiger partial charge >= 0.3 is 5.97 Å². The van der Waals surface area contributed by atoms with Gasteiger partial charge in [0.05, 0.1) is 5.92 Å². The minimum Gasteiger partial charge on any atom is -0.426 e. The topological polar surface area (TPSA) is 69.4 Å². The lowest BCUT2D eigenvalue weighted by atomic mass is 9.82. The van der Waals surface area contributed by atoms with E-state index >= 15 is 0 Å². The number of hydrogen-bond donors (Lipinski definition) is 1. The maximum absolute atomic E-state index is 12.5. The van der Waals surface area contributed by atoms with Gasteiger partial charge in [-0.3, -0.25) is 9.59 Å². The van der Waals surface area contributed by atoms with Gasteiger partial charge in [0.25, 0.3) is 0 Å². The summed E-state index contributed by atoms with van der Waals surface area (Å²) in [5, 5.41) is 0. The molecule has 0 aromatic heterocycles. The summed E-state index contributed by atoms with van der Waals surface area (Å²) in [6.07, 6.45) is 3.35. The summed E-state index contributed by atoms with van der Waals surface area (Å²) in [6, 6.07) is 12.2. The minimum atomic E-state index is -0.280. The van der Waals surface area contributed by atoms with Crippen LogP contribution in [0.5, 0.6) is 5.75 Å². The van der Waals surface area contributed by atoms with Crippen LogP contribution < -0.4 is 10.5 Å². The minimum absolute atomic E-state index is 0. The number of carbonyl (C=O) groups excluding carboxylic acids is 2. The number of nitrogen functional groups attached to an aromatic ring is 1. The van der Waals surface area contributed by atoms with E-state index in [0.29, 0.717) is 11.3 Å². The van der Waals surface area contributed by atoms with E-state index < -0.39 is 0 Å². The fourth-order valence-corrected chi connectivity index (χ4v) is 2.92. The molecule has 5 heteroatoms. The number of fused-ring (bicyclic) bond motifs is 1.